The third-order valence-corrected chi connectivity index (χ3v) is 2.49. The Labute approximate surface area is 82.7 Å². The van der Waals surface area contributed by atoms with E-state index >= 15 is 0 Å². The lowest BCUT2D eigenvalue weighted by molar-refractivity contribution is 0.355. The van der Waals surface area contributed by atoms with Gasteiger partial charge in [-0.3, -0.25) is 4.57 Å². The van der Waals surface area contributed by atoms with Crippen LogP contribution in [-0.4, -0.2) is 27.5 Å². The van der Waals surface area contributed by atoms with Crippen molar-refractivity contribution in [2.24, 2.45) is 0 Å². The molecule has 4 heteroatoms. The highest BCUT2D eigenvalue weighted by Gasteiger charge is 2.21. The minimum Gasteiger partial charge on any atom is -0.494 e. The first-order chi connectivity index (χ1) is 6.77. The van der Waals surface area contributed by atoms with Gasteiger partial charge in [0.1, 0.15) is 0 Å². The summed E-state index contributed by atoms with van der Waals surface area (Å²) in [5.74, 6) is 0.260. The summed E-state index contributed by atoms with van der Waals surface area (Å²) in [4.78, 5) is 0. The number of unbranched alkanes of at least 4 members (excludes halogenated alkanes) is 1. The molecule has 2 rings (SSSR count). The molecule has 1 unspecified atom stereocenters. The van der Waals surface area contributed by atoms with Crippen LogP contribution in [0.25, 0.3) is 0 Å². The molecule has 1 atom stereocenters. The average molecular weight is 197 g/mol. The van der Waals surface area contributed by atoms with Crippen LogP contribution in [0, 0.1) is 0 Å². The first kappa shape index (κ1) is 9.40. The van der Waals surface area contributed by atoms with Crippen molar-refractivity contribution in [3.63, 3.8) is 0 Å². The predicted molar refractivity (Wildman–Crippen MR) is 51.4 cm³/mol. The van der Waals surface area contributed by atoms with Crippen LogP contribution in [0.15, 0.2) is 12.1 Å². The number of hydrogen-bond donors (Lipinski definition) is 2. The molecular formula is C10H15NO3. The van der Waals surface area contributed by atoms with E-state index in [1.54, 1.807) is 0 Å². The van der Waals surface area contributed by atoms with Crippen LogP contribution in [0.5, 0.6) is 11.8 Å². The van der Waals surface area contributed by atoms with Gasteiger partial charge in [-0.2, -0.15) is 0 Å². The molecule has 78 valence electrons. The van der Waals surface area contributed by atoms with Crippen molar-refractivity contribution in [3.05, 3.63) is 12.1 Å². The highest BCUT2D eigenvalue weighted by molar-refractivity contribution is 5.23. The molecule has 0 bridgehead atoms. The lowest BCUT2D eigenvalue weighted by Gasteiger charge is -2.05. The molecule has 1 aliphatic rings. The molecule has 1 aromatic heterocycles. The largest absolute Gasteiger partial charge is 0.494 e. The van der Waals surface area contributed by atoms with Gasteiger partial charge in [0.25, 0.3) is 0 Å². The Morgan fingerprint density at radius 1 is 1.29 bits per heavy atom. The summed E-state index contributed by atoms with van der Waals surface area (Å²) in [6, 6.07) is 3.00. The Morgan fingerprint density at radius 2 is 1.93 bits per heavy atom. The Bertz CT molecular complexity index is 285. The number of aromatic hydroxyl groups is 2. The Morgan fingerprint density at radius 3 is 2.50 bits per heavy atom. The van der Waals surface area contributed by atoms with Crippen LogP contribution in [0.1, 0.15) is 19.3 Å². The second kappa shape index (κ2) is 3.92. The molecule has 0 aromatic carbocycles. The second-order valence-corrected chi connectivity index (χ2v) is 3.65. The molecule has 0 amide bonds. The van der Waals surface area contributed by atoms with E-state index in [9.17, 15) is 10.2 Å². The first-order valence-corrected chi connectivity index (χ1v) is 4.96. The normalized spacial score (nSPS) is 19.9. The van der Waals surface area contributed by atoms with Crippen LogP contribution in [0.3, 0.4) is 0 Å². The third-order valence-electron chi connectivity index (χ3n) is 2.49. The molecule has 1 aliphatic heterocycles. The number of rotatable bonds is 5. The van der Waals surface area contributed by atoms with Crippen molar-refractivity contribution in [1.29, 1.82) is 0 Å². The van der Waals surface area contributed by atoms with Gasteiger partial charge < -0.3 is 14.9 Å². The molecule has 1 saturated heterocycles. The molecule has 4 nitrogen and oxygen atoms in total. The lowest BCUT2D eigenvalue weighted by atomic mass is 10.2. The number of aromatic nitrogens is 1. The molecule has 1 fully saturated rings. The van der Waals surface area contributed by atoms with Crippen LogP contribution in [0.4, 0.5) is 0 Å². The fraction of sp³-hybridized carbons (Fsp3) is 0.600. The van der Waals surface area contributed by atoms with E-state index in [4.69, 9.17) is 4.74 Å². The topological polar surface area (TPSA) is 57.9 Å². The maximum atomic E-state index is 9.33. The zero-order valence-corrected chi connectivity index (χ0v) is 8.02. The third kappa shape index (κ3) is 2.20. The molecule has 0 radical (unpaired) electrons. The summed E-state index contributed by atoms with van der Waals surface area (Å²) in [7, 11) is 0. The van der Waals surface area contributed by atoms with Crippen LogP contribution in [0.2, 0.25) is 0 Å². The van der Waals surface area contributed by atoms with E-state index in [-0.39, 0.29) is 11.8 Å². The molecule has 2 N–H and O–H groups in total. The Balaban J connectivity index is 1.73. The maximum Gasteiger partial charge on any atom is 0.193 e. The van der Waals surface area contributed by atoms with Crippen molar-refractivity contribution in [2.45, 2.75) is 31.9 Å². The molecule has 2 heterocycles. The van der Waals surface area contributed by atoms with Crippen LogP contribution < -0.4 is 0 Å². The fourth-order valence-electron chi connectivity index (χ4n) is 1.55. The Kier molecular flexibility index (Phi) is 2.63. The molecule has 0 spiro atoms. The van der Waals surface area contributed by atoms with Crippen LogP contribution >= 0.6 is 0 Å². The molecular weight excluding hydrogens is 182 g/mol. The van der Waals surface area contributed by atoms with Crippen LogP contribution in [-0.2, 0) is 11.3 Å². The van der Waals surface area contributed by atoms with E-state index in [0.29, 0.717) is 12.6 Å². The standard InChI is InChI=1S/C10H15NO3/c12-9-4-5-10(13)11(9)6-2-1-3-8-7-14-8/h4-5,8,12-13H,1-3,6-7H2. The van der Waals surface area contributed by atoms with Crippen molar-refractivity contribution in [3.8, 4) is 11.8 Å². The zero-order valence-electron chi connectivity index (χ0n) is 8.02. The quantitative estimate of drug-likeness (QED) is 0.555. The van der Waals surface area contributed by atoms with E-state index in [1.165, 1.54) is 16.7 Å². The highest BCUT2D eigenvalue weighted by atomic mass is 16.6. The van der Waals surface area contributed by atoms with Crippen molar-refractivity contribution in [2.75, 3.05) is 6.61 Å². The number of epoxide rings is 1. The minimum absolute atomic E-state index is 0.130. The van der Waals surface area contributed by atoms with Gasteiger partial charge in [0, 0.05) is 18.7 Å². The smallest absolute Gasteiger partial charge is 0.193 e. The van der Waals surface area contributed by atoms with Gasteiger partial charge in [-0.15, -0.1) is 0 Å². The predicted octanol–water partition coefficient (Wildman–Crippen LogP) is 1.47. The van der Waals surface area contributed by atoms with Gasteiger partial charge >= 0.3 is 0 Å². The minimum atomic E-state index is 0.130. The number of ether oxygens (including phenoxy) is 1. The summed E-state index contributed by atoms with van der Waals surface area (Å²) in [5.41, 5.74) is 0. The maximum absolute atomic E-state index is 9.33. The average Bonchev–Trinajstić information content (AvgIpc) is 2.93. The SMILES string of the molecule is Oc1ccc(O)n1CCCCC1CO1. The van der Waals surface area contributed by atoms with Gasteiger partial charge in [-0.05, 0) is 19.3 Å². The van der Waals surface area contributed by atoms with E-state index in [2.05, 4.69) is 0 Å². The Hall–Kier alpha value is -1.16. The van der Waals surface area contributed by atoms with Crippen molar-refractivity contribution in [1.82, 2.24) is 4.57 Å². The summed E-state index contributed by atoms with van der Waals surface area (Å²) < 4.78 is 6.60. The molecule has 0 aliphatic carbocycles. The zero-order chi connectivity index (χ0) is 9.97. The van der Waals surface area contributed by atoms with Gasteiger partial charge in [-0.25, -0.2) is 0 Å². The van der Waals surface area contributed by atoms with Gasteiger partial charge in [0.05, 0.1) is 12.7 Å². The van der Waals surface area contributed by atoms with Gasteiger partial charge in [0.15, 0.2) is 11.8 Å². The van der Waals surface area contributed by atoms with E-state index < -0.39 is 0 Å². The lowest BCUT2D eigenvalue weighted by Crippen LogP contribution is -1.97. The summed E-state index contributed by atoms with van der Waals surface area (Å²) >= 11 is 0. The molecule has 14 heavy (non-hydrogen) atoms. The summed E-state index contributed by atoms with van der Waals surface area (Å²) in [6.45, 7) is 1.57. The van der Waals surface area contributed by atoms with Crippen molar-refractivity contribution >= 4 is 0 Å². The van der Waals surface area contributed by atoms with Crippen molar-refractivity contribution < 1.29 is 14.9 Å². The number of hydrogen-bond acceptors (Lipinski definition) is 3. The molecule has 1 aromatic rings. The number of nitrogens with zero attached hydrogens (tertiary/aromatic N) is 1. The highest BCUT2D eigenvalue weighted by Crippen LogP contribution is 2.22. The second-order valence-electron chi connectivity index (χ2n) is 3.65. The molecule has 0 saturated carbocycles. The van der Waals surface area contributed by atoms with E-state index in [0.717, 1.165) is 25.9 Å². The summed E-state index contributed by atoms with van der Waals surface area (Å²) in [6.07, 6.45) is 3.59. The van der Waals surface area contributed by atoms with E-state index in [1.807, 2.05) is 0 Å². The summed E-state index contributed by atoms with van der Waals surface area (Å²) in [5, 5.41) is 18.7. The first-order valence-electron chi connectivity index (χ1n) is 4.96. The monoisotopic (exact) mass is 197 g/mol. The van der Waals surface area contributed by atoms with Gasteiger partial charge in [-0.1, -0.05) is 0 Å². The fourth-order valence-corrected chi connectivity index (χ4v) is 1.55. The van der Waals surface area contributed by atoms with Gasteiger partial charge in [0.2, 0.25) is 0 Å².